The van der Waals surface area contributed by atoms with Gasteiger partial charge in [-0.05, 0) is 74.2 Å². The van der Waals surface area contributed by atoms with E-state index in [1.165, 1.54) is 33.2 Å². The van der Waals surface area contributed by atoms with Crippen LogP contribution in [0.5, 0.6) is 5.75 Å². The molecule has 3 heterocycles. The van der Waals surface area contributed by atoms with Crippen molar-refractivity contribution in [3.8, 4) is 17.3 Å². The van der Waals surface area contributed by atoms with Gasteiger partial charge in [0.15, 0.2) is 5.76 Å². The van der Waals surface area contributed by atoms with Gasteiger partial charge < -0.3 is 19.7 Å². The van der Waals surface area contributed by atoms with E-state index < -0.39 is 11.6 Å². The lowest BCUT2D eigenvalue weighted by atomic mass is 10.0. The van der Waals surface area contributed by atoms with E-state index in [0.717, 1.165) is 4.88 Å². The van der Waals surface area contributed by atoms with Crippen molar-refractivity contribution in [2.45, 2.75) is 52.4 Å². The van der Waals surface area contributed by atoms with E-state index in [0.29, 0.717) is 17.1 Å². The third-order valence-corrected chi connectivity index (χ3v) is 6.05. The van der Waals surface area contributed by atoms with E-state index in [-0.39, 0.29) is 36.5 Å². The van der Waals surface area contributed by atoms with Crippen LogP contribution in [0.2, 0.25) is 0 Å². The van der Waals surface area contributed by atoms with Gasteiger partial charge in [-0.3, -0.25) is 9.59 Å². The number of tetrazole rings is 1. The summed E-state index contributed by atoms with van der Waals surface area (Å²) in [6, 6.07) is 12.7. The van der Waals surface area contributed by atoms with Crippen molar-refractivity contribution < 1.29 is 19.1 Å². The largest absolute Gasteiger partial charge is 0.508 e. The molecule has 10 nitrogen and oxygen atoms in total. The van der Waals surface area contributed by atoms with Crippen LogP contribution in [0.25, 0.3) is 11.6 Å². The number of hydrogen-bond donors (Lipinski definition) is 2. The Hall–Kier alpha value is -3.99. The number of thiophene rings is 1. The second-order valence-corrected chi connectivity index (χ2v) is 10.4. The third kappa shape index (κ3) is 6.16. The number of nitrogens with one attached hydrogen (secondary N) is 1. The first-order valence-corrected chi connectivity index (χ1v) is 12.2. The van der Waals surface area contributed by atoms with Gasteiger partial charge in [0.2, 0.25) is 17.6 Å². The fourth-order valence-electron chi connectivity index (χ4n) is 3.64. The van der Waals surface area contributed by atoms with Gasteiger partial charge in [0.05, 0.1) is 6.54 Å². The Morgan fingerprint density at radius 3 is 2.53 bits per heavy atom. The highest BCUT2D eigenvalue weighted by Crippen LogP contribution is 2.28. The average molecular weight is 509 g/mol. The second kappa shape index (κ2) is 10.3. The van der Waals surface area contributed by atoms with Crippen LogP contribution in [0.15, 0.2) is 58.3 Å². The topological polar surface area (TPSA) is 126 Å². The summed E-state index contributed by atoms with van der Waals surface area (Å²) >= 11 is 1.49. The lowest BCUT2D eigenvalue weighted by Crippen LogP contribution is -2.49. The number of aromatic hydroxyl groups is 1. The number of furan rings is 1. The van der Waals surface area contributed by atoms with Crippen molar-refractivity contribution in [3.05, 3.63) is 70.1 Å². The Morgan fingerprint density at radius 2 is 1.92 bits per heavy atom. The summed E-state index contributed by atoms with van der Waals surface area (Å²) < 4.78 is 5.54. The van der Waals surface area contributed by atoms with Crippen molar-refractivity contribution in [3.63, 3.8) is 0 Å². The highest BCUT2D eigenvalue weighted by Gasteiger charge is 2.34. The second-order valence-electron chi connectivity index (χ2n) is 9.39. The van der Waals surface area contributed by atoms with Crippen molar-refractivity contribution in [2.24, 2.45) is 0 Å². The molecule has 0 saturated heterocycles. The van der Waals surface area contributed by atoms with Crippen molar-refractivity contribution >= 4 is 23.2 Å². The molecule has 0 spiro atoms. The summed E-state index contributed by atoms with van der Waals surface area (Å²) in [5.41, 5.74) is 0.0470. The minimum Gasteiger partial charge on any atom is -0.508 e. The number of aryl methyl sites for hydroxylation is 1. The van der Waals surface area contributed by atoms with Crippen LogP contribution in [0.1, 0.15) is 43.0 Å². The summed E-state index contributed by atoms with van der Waals surface area (Å²) in [6.45, 7) is 7.42. The van der Waals surface area contributed by atoms with Gasteiger partial charge in [-0.1, -0.05) is 18.2 Å². The third-order valence-electron chi connectivity index (χ3n) is 5.18. The standard InChI is InChI=1S/C25H28N6O4S/c1-16-7-12-20(35-16)23-27-29-31(28-23)15-21(33)30(14-19-6-5-13-36-19)22(24(34)26-25(2,3)4)17-8-10-18(32)11-9-17/h5-13,22,32H,14-15H2,1-4H3,(H,26,34)/t22-/m1/s1. The smallest absolute Gasteiger partial charge is 0.247 e. The fourth-order valence-corrected chi connectivity index (χ4v) is 4.34. The number of phenolic OH excluding ortho intramolecular Hbond substituents is 1. The predicted octanol–water partition coefficient (Wildman–Crippen LogP) is 3.69. The summed E-state index contributed by atoms with van der Waals surface area (Å²) in [5.74, 6) is 0.787. The maximum atomic E-state index is 13.7. The molecule has 188 valence electrons. The van der Waals surface area contributed by atoms with E-state index >= 15 is 0 Å². The predicted molar refractivity (Wildman–Crippen MR) is 134 cm³/mol. The van der Waals surface area contributed by atoms with E-state index in [1.54, 1.807) is 24.3 Å². The van der Waals surface area contributed by atoms with Crippen LogP contribution in [-0.2, 0) is 22.7 Å². The lowest BCUT2D eigenvalue weighted by molar-refractivity contribution is -0.143. The zero-order valence-electron chi connectivity index (χ0n) is 20.5. The molecule has 2 amide bonds. The van der Waals surface area contributed by atoms with Gasteiger partial charge in [0, 0.05) is 10.4 Å². The maximum Gasteiger partial charge on any atom is 0.247 e. The molecule has 0 aliphatic carbocycles. The Bertz CT molecular complexity index is 1320. The van der Waals surface area contributed by atoms with Gasteiger partial charge in [0.25, 0.3) is 0 Å². The van der Waals surface area contributed by atoms with Crippen LogP contribution in [0.4, 0.5) is 0 Å². The van der Waals surface area contributed by atoms with Crippen LogP contribution in [0, 0.1) is 6.92 Å². The van der Waals surface area contributed by atoms with Gasteiger partial charge in [-0.25, -0.2) is 0 Å². The van der Waals surface area contributed by atoms with E-state index in [4.69, 9.17) is 4.42 Å². The number of hydrogen-bond acceptors (Lipinski definition) is 8. The molecule has 0 bridgehead atoms. The summed E-state index contributed by atoms with van der Waals surface area (Å²) in [7, 11) is 0. The van der Waals surface area contributed by atoms with Crippen molar-refractivity contribution in [1.82, 2.24) is 30.4 Å². The molecule has 0 fully saturated rings. The highest BCUT2D eigenvalue weighted by molar-refractivity contribution is 7.09. The molecule has 1 atom stereocenters. The quantitative estimate of drug-likeness (QED) is 0.372. The summed E-state index contributed by atoms with van der Waals surface area (Å²) in [4.78, 5) is 30.8. The number of nitrogens with zero attached hydrogens (tertiary/aromatic N) is 5. The first kappa shape index (κ1) is 25.1. The zero-order chi connectivity index (χ0) is 25.9. The Balaban J connectivity index is 1.67. The Labute approximate surface area is 212 Å². The molecule has 1 aromatic carbocycles. The Morgan fingerprint density at radius 1 is 1.17 bits per heavy atom. The fraction of sp³-hybridized carbons (Fsp3) is 0.320. The number of benzene rings is 1. The maximum absolute atomic E-state index is 13.7. The van der Waals surface area contributed by atoms with Crippen LogP contribution in [-0.4, -0.2) is 47.6 Å². The van der Waals surface area contributed by atoms with E-state index in [1.807, 2.05) is 45.2 Å². The van der Waals surface area contributed by atoms with E-state index in [2.05, 4.69) is 20.7 Å². The molecule has 0 saturated carbocycles. The van der Waals surface area contributed by atoms with Crippen molar-refractivity contribution in [1.29, 1.82) is 0 Å². The van der Waals surface area contributed by atoms with Crippen LogP contribution >= 0.6 is 11.3 Å². The molecule has 11 heteroatoms. The molecule has 4 rings (SSSR count). The average Bonchev–Trinajstić information content (AvgIpc) is 3.56. The number of carbonyl (C=O) groups excluding carboxylic acids is 2. The molecule has 0 radical (unpaired) electrons. The highest BCUT2D eigenvalue weighted by atomic mass is 32.1. The van der Waals surface area contributed by atoms with Crippen molar-refractivity contribution in [2.75, 3.05) is 0 Å². The molecular weight excluding hydrogens is 480 g/mol. The molecule has 36 heavy (non-hydrogen) atoms. The molecule has 0 aliphatic rings. The number of carbonyl (C=O) groups is 2. The summed E-state index contributed by atoms with van der Waals surface area (Å²) in [5, 5.41) is 27.0. The van der Waals surface area contributed by atoms with Gasteiger partial charge in [-0.15, -0.1) is 21.5 Å². The minimum absolute atomic E-state index is 0.0670. The normalized spacial score (nSPS) is 12.3. The first-order chi connectivity index (χ1) is 17.1. The van der Waals surface area contributed by atoms with E-state index in [9.17, 15) is 14.7 Å². The van der Waals surface area contributed by atoms with Gasteiger partial charge in [0.1, 0.15) is 24.1 Å². The zero-order valence-corrected chi connectivity index (χ0v) is 21.3. The van der Waals surface area contributed by atoms with Crippen LogP contribution < -0.4 is 5.32 Å². The number of phenols is 1. The lowest BCUT2D eigenvalue weighted by Gasteiger charge is -2.33. The Kier molecular flexibility index (Phi) is 7.20. The van der Waals surface area contributed by atoms with Crippen LogP contribution in [0.3, 0.4) is 0 Å². The molecular formula is C25H28N6O4S. The number of rotatable bonds is 8. The minimum atomic E-state index is -0.949. The molecule has 3 aromatic heterocycles. The number of amides is 2. The molecule has 0 unspecified atom stereocenters. The summed E-state index contributed by atoms with van der Waals surface area (Å²) in [6.07, 6.45) is 0. The molecule has 2 N–H and O–H groups in total. The molecule has 0 aliphatic heterocycles. The monoisotopic (exact) mass is 508 g/mol. The number of aromatic nitrogens is 4. The van der Waals surface area contributed by atoms with Gasteiger partial charge in [-0.2, -0.15) is 4.80 Å². The first-order valence-electron chi connectivity index (χ1n) is 11.4. The van der Waals surface area contributed by atoms with Gasteiger partial charge >= 0.3 is 0 Å². The SMILES string of the molecule is Cc1ccc(-c2nnn(CC(=O)N(Cc3cccs3)[C@@H](C(=O)NC(C)(C)C)c3ccc(O)cc3)n2)o1. The molecule has 4 aromatic rings.